The number of aliphatic hydroxyl groups excluding tert-OH is 1. The van der Waals surface area contributed by atoms with Crippen molar-refractivity contribution < 1.29 is 32.1 Å². The first-order valence-corrected chi connectivity index (χ1v) is 11.4. The molecule has 0 spiro atoms. The Morgan fingerprint density at radius 2 is 1.83 bits per heavy atom. The van der Waals surface area contributed by atoms with E-state index < -0.39 is 35.9 Å². The van der Waals surface area contributed by atoms with E-state index in [0.29, 0.717) is 26.3 Å². The van der Waals surface area contributed by atoms with Crippen molar-refractivity contribution in [3.8, 4) is 21.9 Å². The second-order valence-corrected chi connectivity index (χ2v) is 8.94. The second-order valence-electron chi connectivity index (χ2n) is 7.95. The molecule has 2 aromatic carbocycles. The maximum atomic E-state index is 14.8. The van der Waals surface area contributed by atoms with Crippen LogP contribution in [0.5, 0.6) is 11.5 Å². The number of aryl methyl sites for hydroxylation is 1. The Morgan fingerprint density at radius 1 is 1.14 bits per heavy atom. The van der Waals surface area contributed by atoms with Gasteiger partial charge in [-0.05, 0) is 53.9 Å². The predicted molar refractivity (Wildman–Crippen MR) is 126 cm³/mol. The molecule has 0 saturated carbocycles. The lowest BCUT2D eigenvalue weighted by Gasteiger charge is -2.15. The zero-order valence-corrected chi connectivity index (χ0v) is 19.8. The van der Waals surface area contributed by atoms with Gasteiger partial charge in [-0.3, -0.25) is 14.3 Å². The summed E-state index contributed by atoms with van der Waals surface area (Å²) in [6.07, 6.45) is -7.77. The Hall–Kier alpha value is -3.64. The van der Waals surface area contributed by atoms with E-state index in [1.165, 1.54) is 12.1 Å². The Kier molecular flexibility index (Phi) is 6.92. The minimum absolute atomic E-state index is 0.00999. The molecule has 0 aliphatic rings. The van der Waals surface area contributed by atoms with Gasteiger partial charge in [0, 0.05) is 4.88 Å². The van der Waals surface area contributed by atoms with Crippen LogP contribution in [0, 0.1) is 12.7 Å². The van der Waals surface area contributed by atoms with Crippen molar-refractivity contribution in [2.24, 2.45) is 0 Å². The van der Waals surface area contributed by atoms with Crippen LogP contribution in [0.15, 0.2) is 52.1 Å². The average molecular weight is 524 g/mol. The molecule has 4 aromatic rings. The van der Waals surface area contributed by atoms with E-state index in [-0.39, 0.29) is 22.6 Å². The number of fused-ring (bicyclic) bond motifs is 1. The van der Waals surface area contributed by atoms with Crippen LogP contribution >= 0.6 is 11.3 Å². The highest BCUT2D eigenvalue weighted by Crippen LogP contribution is 2.38. The molecule has 7 nitrogen and oxygen atoms in total. The van der Waals surface area contributed by atoms with E-state index in [1.54, 1.807) is 44.4 Å². The second kappa shape index (κ2) is 9.78. The monoisotopic (exact) mass is 524 g/mol. The van der Waals surface area contributed by atoms with Gasteiger partial charge in [0.2, 0.25) is 0 Å². The topological polar surface area (TPSA) is 93.5 Å². The fourth-order valence-corrected chi connectivity index (χ4v) is 4.94. The molecule has 1 atom stereocenters. The maximum Gasteiger partial charge on any atom is 0.416 e. The fourth-order valence-electron chi connectivity index (χ4n) is 3.63. The lowest BCUT2D eigenvalue weighted by molar-refractivity contribution is -0.207. The van der Waals surface area contributed by atoms with Crippen molar-refractivity contribution in [3.05, 3.63) is 80.2 Å². The minimum atomic E-state index is -4.96. The van der Waals surface area contributed by atoms with E-state index in [2.05, 4.69) is 0 Å². The van der Waals surface area contributed by atoms with Crippen molar-refractivity contribution in [1.29, 1.82) is 0 Å². The number of halogens is 4. The van der Waals surface area contributed by atoms with Gasteiger partial charge in [-0.2, -0.15) is 13.2 Å². The number of thiophene rings is 1. The van der Waals surface area contributed by atoms with Gasteiger partial charge in [0.1, 0.15) is 17.2 Å². The third-order valence-corrected chi connectivity index (χ3v) is 6.91. The third kappa shape index (κ3) is 5.00. The van der Waals surface area contributed by atoms with E-state index in [1.807, 2.05) is 4.98 Å². The molecule has 2 N–H and O–H groups in total. The Labute approximate surface area is 205 Å². The number of nitrogens with zero attached hydrogens (tertiary/aromatic N) is 1. The van der Waals surface area contributed by atoms with Crippen molar-refractivity contribution >= 4 is 21.6 Å². The summed E-state index contributed by atoms with van der Waals surface area (Å²) in [6.45, 7) is 0.553. The molecule has 2 aromatic heterocycles. The number of ether oxygens (including phenoxy) is 2. The standard InChI is InChI=1S/C24H20F4N2O5S/c1-12-19-21(32)29-23(33)30(10-18(31)24(26,27)28)22(19)36-20(12)14-5-8-17(16(25)9-14)35-11-13-3-6-15(34-2)7-4-13/h3-9,18,31H,10-11H2,1-2H3,(H,29,32,33)/t18-/m1/s1. The molecule has 0 aliphatic carbocycles. The number of aromatic amines is 1. The van der Waals surface area contributed by atoms with Crippen LogP contribution in [-0.4, -0.2) is 34.0 Å². The molecular weight excluding hydrogens is 504 g/mol. The number of aliphatic hydroxyl groups is 1. The summed E-state index contributed by atoms with van der Waals surface area (Å²) >= 11 is 0.858. The van der Waals surface area contributed by atoms with Gasteiger partial charge in [0.05, 0.1) is 19.0 Å². The molecular formula is C24H20F4N2O5S. The summed E-state index contributed by atoms with van der Waals surface area (Å²) in [5.74, 6) is -0.0294. The van der Waals surface area contributed by atoms with Gasteiger partial charge in [-0.15, -0.1) is 11.3 Å². The largest absolute Gasteiger partial charge is 0.497 e. The molecule has 4 rings (SSSR count). The van der Waals surface area contributed by atoms with Crippen LogP contribution in [0.4, 0.5) is 17.6 Å². The van der Waals surface area contributed by atoms with Gasteiger partial charge in [-0.25, -0.2) is 9.18 Å². The van der Waals surface area contributed by atoms with Crippen molar-refractivity contribution in [2.45, 2.75) is 32.4 Å². The zero-order valence-electron chi connectivity index (χ0n) is 19.0. The number of hydrogen-bond acceptors (Lipinski definition) is 6. The summed E-state index contributed by atoms with van der Waals surface area (Å²) < 4.78 is 64.8. The van der Waals surface area contributed by atoms with Crippen LogP contribution in [-0.2, 0) is 13.2 Å². The highest BCUT2D eigenvalue weighted by atomic mass is 32.1. The normalized spacial score (nSPS) is 12.6. The number of benzene rings is 2. The first kappa shape index (κ1) is 25.5. The molecule has 36 heavy (non-hydrogen) atoms. The Morgan fingerprint density at radius 3 is 2.44 bits per heavy atom. The Balaban J connectivity index is 1.67. The molecule has 12 heteroatoms. The number of alkyl halides is 3. The van der Waals surface area contributed by atoms with Gasteiger partial charge in [-0.1, -0.05) is 12.1 Å². The van der Waals surface area contributed by atoms with Gasteiger partial charge >= 0.3 is 11.9 Å². The minimum Gasteiger partial charge on any atom is -0.497 e. The van der Waals surface area contributed by atoms with E-state index in [0.717, 1.165) is 16.9 Å². The van der Waals surface area contributed by atoms with Crippen molar-refractivity contribution in [1.82, 2.24) is 9.55 Å². The van der Waals surface area contributed by atoms with Crippen LogP contribution in [0.1, 0.15) is 11.1 Å². The van der Waals surface area contributed by atoms with E-state index in [4.69, 9.17) is 9.47 Å². The smallest absolute Gasteiger partial charge is 0.416 e. The molecule has 0 saturated heterocycles. The summed E-state index contributed by atoms with van der Waals surface area (Å²) in [5.41, 5.74) is -0.377. The van der Waals surface area contributed by atoms with Crippen molar-refractivity contribution in [2.75, 3.05) is 7.11 Å². The van der Waals surface area contributed by atoms with Crippen LogP contribution in [0.2, 0.25) is 0 Å². The predicted octanol–water partition coefficient (Wildman–Crippen LogP) is 4.38. The number of aromatic nitrogens is 2. The van der Waals surface area contributed by atoms with Gasteiger partial charge in [0.15, 0.2) is 17.7 Å². The molecule has 0 radical (unpaired) electrons. The molecule has 0 unspecified atom stereocenters. The van der Waals surface area contributed by atoms with Gasteiger partial charge in [0.25, 0.3) is 5.56 Å². The summed E-state index contributed by atoms with van der Waals surface area (Å²) in [6, 6.07) is 11.2. The number of nitrogens with one attached hydrogen (secondary N) is 1. The first-order chi connectivity index (χ1) is 17.0. The van der Waals surface area contributed by atoms with Crippen LogP contribution < -0.4 is 20.7 Å². The SMILES string of the molecule is COc1ccc(COc2ccc(-c3sc4c(c3C)c(=O)[nH]c(=O)n4C[C@@H](O)C(F)(F)F)cc2F)cc1. The number of rotatable bonds is 7. The molecule has 0 bridgehead atoms. The number of hydrogen-bond donors (Lipinski definition) is 2. The molecule has 0 amide bonds. The quantitative estimate of drug-likeness (QED) is 0.350. The number of H-pyrrole nitrogens is 1. The van der Waals surface area contributed by atoms with Crippen molar-refractivity contribution in [3.63, 3.8) is 0 Å². The first-order valence-electron chi connectivity index (χ1n) is 10.6. The highest BCUT2D eigenvalue weighted by Gasteiger charge is 2.39. The van der Waals surface area contributed by atoms with Crippen LogP contribution in [0.3, 0.4) is 0 Å². The third-order valence-electron chi connectivity index (χ3n) is 5.55. The van der Waals surface area contributed by atoms with Crippen LogP contribution in [0.25, 0.3) is 20.7 Å². The molecule has 190 valence electrons. The lowest BCUT2D eigenvalue weighted by Crippen LogP contribution is -2.38. The molecule has 0 fully saturated rings. The number of methoxy groups -OCH3 is 1. The molecule has 0 aliphatic heterocycles. The summed E-state index contributed by atoms with van der Waals surface area (Å²) in [4.78, 5) is 27.0. The summed E-state index contributed by atoms with van der Waals surface area (Å²) in [5, 5.41) is 9.46. The fraction of sp³-hybridized carbons (Fsp3) is 0.250. The molecule has 2 heterocycles. The zero-order chi connectivity index (χ0) is 26.2. The van der Waals surface area contributed by atoms with Gasteiger partial charge < -0.3 is 14.6 Å². The lowest BCUT2D eigenvalue weighted by atomic mass is 10.1. The summed E-state index contributed by atoms with van der Waals surface area (Å²) in [7, 11) is 1.54. The highest BCUT2D eigenvalue weighted by molar-refractivity contribution is 7.22. The van der Waals surface area contributed by atoms with E-state index in [9.17, 15) is 32.3 Å². The Bertz CT molecular complexity index is 1520. The van der Waals surface area contributed by atoms with E-state index >= 15 is 0 Å². The maximum absolute atomic E-state index is 14.8. The average Bonchev–Trinajstić information content (AvgIpc) is 3.18.